The number of nitrogens with zero attached hydrogens (tertiary/aromatic N) is 1. The molecule has 4 aromatic rings. The van der Waals surface area contributed by atoms with Crippen molar-refractivity contribution in [2.75, 3.05) is 24.9 Å². The van der Waals surface area contributed by atoms with Crippen LogP contribution in [-0.4, -0.2) is 35.9 Å². The summed E-state index contributed by atoms with van der Waals surface area (Å²) in [6, 6.07) is 14.2. The number of benzene rings is 2. The normalized spacial score (nSPS) is 10.6. The smallest absolute Gasteiger partial charge is 0.247 e. The van der Waals surface area contributed by atoms with Crippen LogP contribution in [0.5, 0.6) is 11.5 Å². The van der Waals surface area contributed by atoms with Crippen molar-refractivity contribution >= 4 is 39.9 Å². The van der Waals surface area contributed by atoms with Crippen LogP contribution in [0.25, 0.3) is 11.0 Å². The molecule has 1 amide bonds. The van der Waals surface area contributed by atoms with Crippen LogP contribution in [0.4, 0.5) is 17.2 Å². The summed E-state index contributed by atoms with van der Waals surface area (Å²) in [4.78, 5) is 32.7. The Balaban J connectivity index is 1.66. The van der Waals surface area contributed by atoms with Gasteiger partial charge < -0.3 is 25.1 Å². The van der Waals surface area contributed by atoms with Crippen molar-refractivity contribution < 1.29 is 19.1 Å². The Morgan fingerprint density at radius 2 is 1.79 bits per heavy atom. The number of fused-ring (bicyclic) bond motifs is 1. The highest BCUT2D eigenvalue weighted by molar-refractivity contribution is 6.16. The molecule has 0 saturated heterocycles. The Bertz CT molecular complexity index is 1390. The van der Waals surface area contributed by atoms with E-state index < -0.39 is 0 Å². The van der Waals surface area contributed by atoms with E-state index in [4.69, 9.17) is 9.47 Å². The number of ketones is 1. The highest BCUT2D eigenvalue weighted by Crippen LogP contribution is 2.31. The van der Waals surface area contributed by atoms with Crippen LogP contribution in [-0.2, 0) is 4.79 Å². The number of rotatable bonds is 8. The Morgan fingerprint density at radius 3 is 2.47 bits per heavy atom. The third-order valence-electron chi connectivity index (χ3n) is 5.37. The first-order valence-corrected chi connectivity index (χ1v) is 10.5. The summed E-state index contributed by atoms with van der Waals surface area (Å²) in [6.45, 7) is 5.42. The zero-order valence-corrected chi connectivity index (χ0v) is 19.1. The van der Waals surface area contributed by atoms with Crippen LogP contribution in [0, 0.1) is 6.92 Å². The Kier molecular flexibility index (Phi) is 6.31. The van der Waals surface area contributed by atoms with Crippen LogP contribution < -0.4 is 20.1 Å². The van der Waals surface area contributed by atoms with Gasteiger partial charge in [0.2, 0.25) is 5.91 Å². The van der Waals surface area contributed by atoms with E-state index in [9.17, 15) is 9.59 Å². The Hall–Kier alpha value is -4.59. The zero-order chi connectivity index (χ0) is 24.2. The van der Waals surface area contributed by atoms with E-state index >= 15 is 0 Å². The van der Waals surface area contributed by atoms with E-state index in [2.05, 4.69) is 27.2 Å². The van der Waals surface area contributed by atoms with Crippen LogP contribution in [0.15, 0.2) is 67.4 Å². The molecule has 0 aliphatic heterocycles. The molecule has 8 nitrogen and oxygen atoms in total. The average molecular weight is 457 g/mol. The Morgan fingerprint density at radius 1 is 1.06 bits per heavy atom. The monoisotopic (exact) mass is 456 g/mol. The van der Waals surface area contributed by atoms with Gasteiger partial charge >= 0.3 is 0 Å². The van der Waals surface area contributed by atoms with Gasteiger partial charge in [0.05, 0.1) is 25.6 Å². The van der Waals surface area contributed by atoms with Crippen molar-refractivity contribution in [1.29, 1.82) is 0 Å². The maximum absolute atomic E-state index is 13.2. The molecule has 0 unspecified atom stereocenters. The van der Waals surface area contributed by atoms with Gasteiger partial charge in [0.1, 0.15) is 23.0 Å². The fourth-order valence-electron chi connectivity index (χ4n) is 3.61. The molecule has 2 aromatic heterocycles. The quantitative estimate of drug-likeness (QED) is 0.255. The first-order valence-electron chi connectivity index (χ1n) is 10.5. The first kappa shape index (κ1) is 22.6. The minimum absolute atomic E-state index is 0.181. The number of H-pyrrole nitrogens is 1. The second-order valence-electron chi connectivity index (χ2n) is 7.54. The van der Waals surface area contributed by atoms with Crippen LogP contribution in [0.2, 0.25) is 0 Å². The molecule has 0 saturated carbocycles. The van der Waals surface area contributed by atoms with E-state index in [0.29, 0.717) is 45.2 Å². The van der Waals surface area contributed by atoms with E-state index in [1.807, 2.05) is 25.1 Å². The van der Waals surface area contributed by atoms with Gasteiger partial charge in [-0.3, -0.25) is 9.59 Å². The summed E-state index contributed by atoms with van der Waals surface area (Å²) in [5.74, 6) is 1.13. The lowest BCUT2D eigenvalue weighted by molar-refractivity contribution is -0.111. The van der Waals surface area contributed by atoms with Gasteiger partial charge in [-0.05, 0) is 48.9 Å². The summed E-state index contributed by atoms with van der Waals surface area (Å²) in [6.07, 6.45) is 2.85. The summed E-state index contributed by atoms with van der Waals surface area (Å²) in [5.41, 5.74) is 3.74. The second kappa shape index (κ2) is 9.50. The molecule has 172 valence electrons. The number of hydrogen-bond acceptors (Lipinski definition) is 6. The molecule has 0 fully saturated rings. The fourth-order valence-corrected chi connectivity index (χ4v) is 3.61. The van der Waals surface area contributed by atoms with Crippen LogP contribution in [0.3, 0.4) is 0 Å². The van der Waals surface area contributed by atoms with Gasteiger partial charge in [0, 0.05) is 28.8 Å². The molecule has 34 heavy (non-hydrogen) atoms. The predicted molar refractivity (Wildman–Crippen MR) is 132 cm³/mol. The average Bonchev–Trinajstić information content (AvgIpc) is 3.28. The first-order chi connectivity index (χ1) is 16.4. The number of hydrogen-bond donors (Lipinski definition) is 3. The molecule has 0 bridgehead atoms. The highest BCUT2D eigenvalue weighted by atomic mass is 16.5. The number of carbonyl (C=O) groups excluding carboxylic acids is 2. The summed E-state index contributed by atoms with van der Waals surface area (Å²) < 4.78 is 10.6. The third kappa shape index (κ3) is 4.47. The van der Waals surface area contributed by atoms with Gasteiger partial charge in [-0.25, -0.2) is 4.98 Å². The third-order valence-corrected chi connectivity index (χ3v) is 5.37. The molecule has 0 aliphatic rings. The summed E-state index contributed by atoms with van der Waals surface area (Å²) >= 11 is 0. The molecule has 4 rings (SSSR count). The van der Waals surface area contributed by atoms with Crippen LogP contribution in [0.1, 0.15) is 21.5 Å². The molecule has 3 N–H and O–H groups in total. The number of para-hydroxylation sites is 1. The molecule has 8 heteroatoms. The second-order valence-corrected chi connectivity index (χ2v) is 7.54. The van der Waals surface area contributed by atoms with Crippen molar-refractivity contribution in [2.45, 2.75) is 6.92 Å². The lowest BCUT2D eigenvalue weighted by atomic mass is 10.0. The van der Waals surface area contributed by atoms with Crippen molar-refractivity contribution in [3.63, 3.8) is 0 Å². The van der Waals surface area contributed by atoms with E-state index in [1.165, 1.54) is 20.3 Å². The molecular weight excluding hydrogens is 432 g/mol. The molecule has 0 radical (unpaired) electrons. The van der Waals surface area contributed by atoms with Crippen molar-refractivity contribution in [1.82, 2.24) is 9.97 Å². The predicted octanol–water partition coefficient (Wildman–Crippen LogP) is 4.99. The number of amides is 1. The van der Waals surface area contributed by atoms with Crippen molar-refractivity contribution in [3.8, 4) is 11.5 Å². The number of ether oxygens (including phenoxy) is 2. The van der Waals surface area contributed by atoms with E-state index in [0.717, 1.165) is 11.3 Å². The standard InChI is InChI=1S/C26H24N4O4/c1-5-23(31)28-21-8-6-7-15(2)24(21)29-22-10-9-19-20(14-27-26(19)30-22)25(32)16-11-17(33-3)13-18(12-16)34-4/h5-14H,1H2,2-4H3,(H,28,31)(H2,27,29,30). The highest BCUT2D eigenvalue weighted by Gasteiger charge is 2.18. The lowest BCUT2D eigenvalue weighted by Gasteiger charge is -2.14. The van der Waals surface area contributed by atoms with E-state index in [-0.39, 0.29) is 11.7 Å². The number of pyridine rings is 1. The van der Waals surface area contributed by atoms with Crippen LogP contribution >= 0.6 is 0 Å². The van der Waals surface area contributed by atoms with Gasteiger partial charge in [-0.15, -0.1) is 0 Å². The zero-order valence-electron chi connectivity index (χ0n) is 19.1. The molecule has 2 aromatic carbocycles. The van der Waals surface area contributed by atoms with Gasteiger partial charge in [0.25, 0.3) is 0 Å². The number of aryl methyl sites for hydroxylation is 1. The lowest BCUT2D eigenvalue weighted by Crippen LogP contribution is -2.10. The summed E-state index contributed by atoms with van der Waals surface area (Å²) in [5, 5.41) is 6.74. The number of aromatic amines is 1. The number of carbonyl (C=O) groups is 2. The molecule has 0 spiro atoms. The number of methoxy groups -OCH3 is 2. The summed E-state index contributed by atoms with van der Waals surface area (Å²) in [7, 11) is 3.08. The maximum Gasteiger partial charge on any atom is 0.247 e. The van der Waals surface area contributed by atoms with Crippen molar-refractivity contribution in [2.24, 2.45) is 0 Å². The fraction of sp³-hybridized carbons (Fsp3) is 0.115. The molecule has 2 heterocycles. The minimum Gasteiger partial charge on any atom is -0.497 e. The van der Waals surface area contributed by atoms with Gasteiger partial charge in [-0.2, -0.15) is 0 Å². The molecule has 0 atom stereocenters. The molecular formula is C26H24N4O4. The topological polar surface area (TPSA) is 105 Å². The minimum atomic E-state index is -0.307. The number of aromatic nitrogens is 2. The van der Waals surface area contributed by atoms with E-state index in [1.54, 1.807) is 36.5 Å². The Labute approximate surface area is 196 Å². The number of nitrogens with one attached hydrogen (secondary N) is 3. The molecule has 0 aliphatic carbocycles. The maximum atomic E-state index is 13.2. The SMILES string of the molecule is C=CC(=O)Nc1cccc(C)c1Nc1ccc2c(C(=O)c3cc(OC)cc(OC)c3)c[nH]c2n1. The van der Waals surface area contributed by atoms with Crippen molar-refractivity contribution in [3.05, 3.63) is 84.1 Å². The number of anilines is 3. The van der Waals surface area contributed by atoms with Gasteiger partial charge in [0.15, 0.2) is 5.78 Å². The van der Waals surface area contributed by atoms with Gasteiger partial charge in [-0.1, -0.05) is 18.7 Å². The largest absolute Gasteiger partial charge is 0.497 e.